The molecule has 140 valence electrons. The molecule has 0 saturated heterocycles. The predicted octanol–water partition coefficient (Wildman–Crippen LogP) is 2.62. The minimum atomic E-state index is -4.58. The quantitative estimate of drug-likeness (QED) is 0.755. The zero-order chi connectivity index (χ0) is 19.5. The maximum Gasteiger partial charge on any atom is 0.416 e. The highest BCUT2D eigenvalue weighted by molar-refractivity contribution is 6.05. The summed E-state index contributed by atoms with van der Waals surface area (Å²) in [7, 11) is 0. The van der Waals surface area contributed by atoms with Crippen molar-refractivity contribution in [3.63, 3.8) is 0 Å². The highest BCUT2D eigenvalue weighted by Crippen LogP contribution is 2.32. The van der Waals surface area contributed by atoms with Gasteiger partial charge < -0.3 is 11.1 Å². The first-order valence-electron chi connectivity index (χ1n) is 8.04. The average Bonchev–Trinajstić information content (AvgIpc) is 2.59. The molecule has 26 heavy (non-hydrogen) atoms. The molecule has 1 aromatic heterocycles. The third kappa shape index (κ3) is 4.10. The summed E-state index contributed by atoms with van der Waals surface area (Å²) in [5, 5.41) is 8.53. The van der Waals surface area contributed by atoms with Gasteiger partial charge in [-0.3, -0.25) is 9.59 Å². The molecule has 1 aromatic carbocycles. The van der Waals surface area contributed by atoms with Gasteiger partial charge in [-0.25, -0.2) is 5.10 Å². The van der Waals surface area contributed by atoms with E-state index in [0.29, 0.717) is 24.1 Å². The molecule has 0 bridgehead atoms. The number of halogens is 3. The number of anilines is 1. The second kappa shape index (κ2) is 7.69. The summed E-state index contributed by atoms with van der Waals surface area (Å²) in [5.41, 5.74) is 4.83. The van der Waals surface area contributed by atoms with Crippen LogP contribution in [0.3, 0.4) is 0 Å². The molecule has 1 heterocycles. The smallest absolute Gasteiger partial charge is 0.326 e. The first-order valence-corrected chi connectivity index (χ1v) is 8.04. The van der Waals surface area contributed by atoms with E-state index in [-0.39, 0.29) is 23.4 Å². The second-order valence-electron chi connectivity index (χ2n) is 5.63. The molecule has 0 unspecified atom stereocenters. The van der Waals surface area contributed by atoms with Crippen LogP contribution in [0.15, 0.2) is 23.0 Å². The number of hydrogen-bond donors (Lipinski definition) is 3. The van der Waals surface area contributed by atoms with Gasteiger partial charge in [0, 0.05) is 12.2 Å². The molecule has 0 fully saturated rings. The number of aromatic amines is 1. The molecule has 0 aliphatic heterocycles. The van der Waals surface area contributed by atoms with Gasteiger partial charge in [-0.05, 0) is 42.2 Å². The van der Waals surface area contributed by atoms with E-state index in [2.05, 4.69) is 15.5 Å². The minimum Gasteiger partial charge on any atom is -0.326 e. The van der Waals surface area contributed by atoms with E-state index in [9.17, 15) is 22.8 Å². The van der Waals surface area contributed by atoms with Crippen molar-refractivity contribution in [2.75, 3.05) is 5.32 Å². The number of alkyl halides is 3. The van der Waals surface area contributed by atoms with Crippen LogP contribution in [0.1, 0.15) is 46.6 Å². The van der Waals surface area contributed by atoms with E-state index >= 15 is 0 Å². The standard InChI is InChI=1S/C17H19F3N4O2/c1-3-12-13(4-2)23-24-16(26)14(12)15(25)22-11-6-9(8-21)5-10(7-11)17(18,19)20/h5-7H,3-4,8,21H2,1-2H3,(H,22,25)(H,24,26). The Morgan fingerprint density at radius 2 is 1.92 bits per heavy atom. The summed E-state index contributed by atoms with van der Waals surface area (Å²) in [5.74, 6) is -0.789. The van der Waals surface area contributed by atoms with E-state index in [1.54, 1.807) is 6.92 Å². The third-order valence-corrected chi connectivity index (χ3v) is 3.90. The number of nitrogens with two attached hydrogens (primary N) is 1. The number of aromatic nitrogens is 2. The lowest BCUT2D eigenvalue weighted by Gasteiger charge is -2.14. The van der Waals surface area contributed by atoms with Crippen LogP contribution < -0.4 is 16.6 Å². The van der Waals surface area contributed by atoms with Crippen LogP contribution in [-0.4, -0.2) is 16.1 Å². The first kappa shape index (κ1) is 19.6. The monoisotopic (exact) mass is 368 g/mol. The largest absolute Gasteiger partial charge is 0.416 e. The topological polar surface area (TPSA) is 101 Å². The Morgan fingerprint density at radius 1 is 1.23 bits per heavy atom. The molecule has 4 N–H and O–H groups in total. The number of hydrogen-bond acceptors (Lipinski definition) is 4. The van der Waals surface area contributed by atoms with E-state index < -0.39 is 23.2 Å². The van der Waals surface area contributed by atoms with Crippen LogP contribution in [0.2, 0.25) is 0 Å². The van der Waals surface area contributed by atoms with Crippen molar-refractivity contribution < 1.29 is 18.0 Å². The maximum absolute atomic E-state index is 13.0. The molecule has 0 aliphatic rings. The fraction of sp³-hybridized carbons (Fsp3) is 0.353. The molecule has 0 saturated carbocycles. The van der Waals surface area contributed by atoms with Gasteiger partial charge >= 0.3 is 6.18 Å². The highest BCUT2D eigenvalue weighted by atomic mass is 19.4. The maximum atomic E-state index is 13.0. The van der Waals surface area contributed by atoms with Crippen molar-refractivity contribution >= 4 is 11.6 Å². The van der Waals surface area contributed by atoms with Gasteiger partial charge in [0.1, 0.15) is 5.56 Å². The Bertz CT molecular complexity index is 875. The summed E-state index contributed by atoms with van der Waals surface area (Å²) in [6.07, 6.45) is -3.69. The van der Waals surface area contributed by atoms with Gasteiger partial charge in [-0.15, -0.1) is 0 Å². The molecule has 1 amide bonds. The Morgan fingerprint density at radius 3 is 2.46 bits per heavy atom. The second-order valence-corrected chi connectivity index (χ2v) is 5.63. The van der Waals surface area contributed by atoms with Crippen LogP contribution >= 0.6 is 0 Å². The molecule has 0 aliphatic carbocycles. The van der Waals surface area contributed by atoms with Crippen molar-refractivity contribution in [2.45, 2.75) is 39.4 Å². The number of nitrogens with zero attached hydrogens (tertiary/aromatic N) is 1. The summed E-state index contributed by atoms with van der Waals surface area (Å²) in [6, 6.07) is 3.06. The molecule has 2 aromatic rings. The Labute approximate surface area is 147 Å². The van der Waals surface area contributed by atoms with Gasteiger partial charge in [0.05, 0.1) is 11.3 Å². The normalized spacial score (nSPS) is 11.5. The van der Waals surface area contributed by atoms with Crippen molar-refractivity contribution in [1.82, 2.24) is 10.2 Å². The van der Waals surface area contributed by atoms with Crippen LogP contribution in [0.4, 0.5) is 18.9 Å². The minimum absolute atomic E-state index is 0.0819. The molecule has 9 heteroatoms. The molecular weight excluding hydrogens is 349 g/mol. The molecular formula is C17H19F3N4O2. The first-order chi connectivity index (χ1) is 12.2. The van der Waals surface area contributed by atoms with Crippen molar-refractivity contribution in [3.8, 4) is 0 Å². The number of carbonyl (C=O) groups excluding carboxylic acids is 1. The van der Waals surface area contributed by atoms with Crippen molar-refractivity contribution in [1.29, 1.82) is 0 Å². The fourth-order valence-corrected chi connectivity index (χ4v) is 2.68. The average molecular weight is 368 g/mol. The van der Waals surface area contributed by atoms with Gasteiger partial charge in [0.15, 0.2) is 0 Å². The van der Waals surface area contributed by atoms with Crippen LogP contribution in [-0.2, 0) is 25.6 Å². The fourth-order valence-electron chi connectivity index (χ4n) is 2.68. The summed E-state index contributed by atoms with van der Waals surface area (Å²) in [6.45, 7) is 3.47. The van der Waals surface area contributed by atoms with Crippen LogP contribution in [0.5, 0.6) is 0 Å². The van der Waals surface area contributed by atoms with Crippen LogP contribution in [0.25, 0.3) is 0 Å². The SMILES string of the molecule is CCc1n[nH]c(=O)c(C(=O)Nc2cc(CN)cc(C(F)(F)F)c2)c1CC. The number of aryl methyl sites for hydroxylation is 1. The van der Waals surface area contributed by atoms with Crippen molar-refractivity contribution in [3.05, 3.63) is 56.5 Å². The molecule has 0 radical (unpaired) electrons. The van der Waals surface area contributed by atoms with E-state index in [0.717, 1.165) is 12.1 Å². The summed E-state index contributed by atoms with van der Waals surface area (Å²) in [4.78, 5) is 24.6. The lowest BCUT2D eigenvalue weighted by molar-refractivity contribution is -0.137. The zero-order valence-corrected chi connectivity index (χ0v) is 14.3. The molecule has 0 atom stereocenters. The molecule has 2 rings (SSSR count). The Hall–Kier alpha value is -2.68. The van der Waals surface area contributed by atoms with E-state index in [1.165, 1.54) is 6.07 Å². The Kier molecular flexibility index (Phi) is 5.81. The van der Waals surface area contributed by atoms with Gasteiger partial charge in [0.25, 0.3) is 11.5 Å². The third-order valence-electron chi connectivity index (χ3n) is 3.90. The number of nitrogens with one attached hydrogen (secondary N) is 2. The van der Waals surface area contributed by atoms with Gasteiger partial charge in [0.2, 0.25) is 0 Å². The Balaban J connectivity index is 2.47. The van der Waals surface area contributed by atoms with Gasteiger partial charge in [-0.1, -0.05) is 13.8 Å². The lowest BCUT2D eigenvalue weighted by atomic mass is 10.0. The van der Waals surface area contributed by atoms with Crippen molar-refractivity contribution in [2.24, 2.45) is 5.73 Å². The predicted molar refractivity (Wildman–Crippen MR) is 90.9 cm³/mol. The van der Waals surface area contributed by atoms with E-state index in [1.807, 2.05) is 6.92 Å². The zero-order valence-electron chi connectivity index (χ0n) is 14.3. The van der Waals surface area contributed by atoms with E-state index in [4.69, 9.17) is 5.73 Å². The highest BCUT2D eigenvalue weighted by Gasteiger charge is 2.31. The number of H-pyrrole nitrogens is 1. The van der Waals surface area contributed by atoms with Crippen LogP contribution in [0, 0.1) is 0 Å². The van der Waals surface area contributed by atoms with Gasteiger partial charge in [-0.2, -0.15) is 18.3 Å². The number of carbonyl (C=O) groups is 1. The molecule has 6 nitrogen and oxygen atoms in total. The number of benzene rings is 1. The molecule has 0 spiro atoms. The lowest BCUT2D eigenvalue weighted by Crippen LogP contribution is -2.28. The number of rotatable bonds is 5. The summed E-state index contributed by atoms with van der Waals surface area (Å²) >= 11 is 0. The summed E-state index contributed by atoms with van der Waals surface area (Å²) < 4.78 is 39.0. The number of amides is 1.